The summed E-state index contributed by atoms with van der Waals surface area (Å²) in [7, 11) is 4.07. The second kappa shape index (κ2) is 10.3. The Kier molecular flexibility index (Phi) is 7.47. The quantitative estimate of drug-likeness (QED) is 0.403. The zero-order valence-electron chi connectivity index (χ0n) is 30.0. The minimum atomic E-state index is -0.673. The van der Waals surface area contributed by atoms with Gasteiger partial charge in [0.1, 0.15) is 12.8 Å². The van der Waals surface area contributed by atoms with E-state index in [2.05, 4.69) is 61.7 Å². The molecule has 46 heavy (non-hydrogen) atoms. The van der Waals surface area contributed by atoms with Crippen LogP contribution >= 0.6 is 0 Å². The van der Waals surface area contributed by atoms with Crippen molar-refractivity contribution in [2.24, 2.45) is 10.8 Å². The molecule has 2 aromatic carbocycles. The van der Waals surface area contributed by atoms with Gasteiger partial charge in [-0.25, -0.2) is 4.58 Å². The number of carbonyl (C=O) groups is 3. The van der Waals surface area contributed by atoms with Gasteiger partial charge in [-0.05, 0) is 51.5 Å². The van der Waals surface area contributed by atoms with Crippen LogP contribution in [0.2, 0.25) is 0 Å². The third-order valence-electron chi connectivity index (χ3n) is 11.0. The van der Waals surface area contributed by atoms with Crippen LogP contribution in [0, 0.1) is 10.8 Å². The Morgan fingerprint density at radius 2 is 1.37 bits per heavy atom. The van der Waals surface area contributed by atoms with Gasteiger partial charge in [-0.2, -0.15) is 0 Å². The maximum Gasteiger partial charge on any atom is 0.229 e. The molecule has 1 aliphatic carbocycles. The average molecular weight is 628 g/mol. The highest BCUT2D eigenvalue weighted by Crippen LogP contribution is 2.49. The zero-order chi connectivity index (χ0) is 34.6. The lowest BCUT2D eigenvalue weighted by atomic mass is 9.76. The van der Waals surface area contributed by atoms with Crippen LogP contribution in [0.1, 0.15) is 99.8 Å². The fraction of sp³-hybridized carbons (Fsp3) is 0.526. The van der Waals surface area contributed by atoms with E-state index in [4.69, 9.17) is 0 Å². The van der Waals surface area contributed by atoms with Crippen molar-refractivity contribution in [1.29, 1.82) is 0 Å². The van der Waals surface area contributed by atoms with Gasteiger partial charge in [0, 0.05) is 57.4 Å². The molecule has 0 bridgehead atoms. The molecule has 8 nitrogen and oxygen atoms in total. The molecular weight excluding hydrogens is 576 g/mol. The highest BCUT2D eigenvalue weighted by molar-refractivity contribution is 6.52. The number of hydrogen-bond acceptors (Lipinski definition) is 5. The van der Waals surface area contributed by atoms with Gasteiger partial charge in [0.05, 0.1) is 27.9 Å². The second-order valence-electron chi connectivity index (χ2n) is 16.7. The van der Waals surface area contributed by atoms with Crippen molar-refractivity contribution < 1.29 is 19.5 Å². The summed E-state index contributed by atoms with van der Waals surface area (Å²) in [6.45, 7) is 24.0. The highest BCUT2D eigenvalue weighted by atomic mass is 16.3. The molecule has 0 saturated heterocycles. The molecule has 0 aromatic heterocycles. The number of aliphatic hydroxyl groups excluding tert-OH is 1. The van der Waals surface area contributed by atoms with E-state index in [1.54, 1.807) is 0 Å². The Hall–Kier alpha value is -3.94. The molecule has 8 heteroatoms. The monoisotopic (exact) mass is 627 g/mol. The topological polar surface area (TPSA) is 102 Å². The molecular formula is C38H51N4O4+. The van der Waals surface area contributed by atoms with Gasteiger partial charge in [0.2, 0.25) is 23.0 Å². The number of hydrogen-bond donors (Lipinski definition) is 3. The van der Waals surface area contributed by atoms with E-state index in [9.17, 15) is 19.5 Å². The minimum absolute atomic E-state index is 0.142. The number of aliphatic hydroxyl groups is 1. The van der Waals surface area contributed by atoms with Gasteiger partial charge in [-0.3, -0.25) is 14.4 Å². The molecule has 5 rings (SSSR count). The molecule has 0 fully saturated rings. The molecule has 3 N–H and O–H groups in total. The summed E-state index contributed by atoms with van der Waals surface area (Å²) in [5, 5.41) is 19.4. The number of carbonyl (C=O) groups excluding carboxylic acids is 3. The van der Waals surface area contributed by atoms with Gasteiger partial charge in [0.25, 0.3) is 0 Å². The summed E-state index contributed by atoms with van der Waals surface area (Å²) in [6.07, 6.45) is 0. The largest absolute Gasteiger partial charge is 0.506 e. The van der Waals surface area contributed by atoms with Crippen LogP contribution in [0.4, 0.5) is 17.1 Å². The lowest BCUT2D eigenvalue weighted by Gasteiger charge is -2.29. The minimum Gasteiger partial charge on any atom is -0.506 e. The van der Waals surface area contributed by atoms with E-state index in [-0.39, 0.29) is 57.4 Å². The number of allylic oxidation sites excluding steroid dienone is 2. The number of likely N-dealkylation sites (N-methyl/N-ethyl adjacent to an activating group) is 2. The lowest BCUT2D eigenvalue weighted by Crippen LogP contribution is -2.36. The number of fused-ring (bicyclic) bond motifs is 2. The Morgan fingerprint density at radius 3 is 1.89 bits per heavy atom. The van der Waals surface area contributed by atoms with E-state index in [0.717, 1.165) is 22.2 Å². The summed E-state index contributed by atoms with van der Waals surface area (Å²) >= 11 is 0. The van der Waals surface area contributed by atoms with Gasteiger partial charge in [0.15, 0.2) is 6.04 Å². The van der Waals surface area contributed by atoms with Crippen molar-refractivity contribution >= 4 is 45.8 Å². The van der Waals surface area contributed by atoms with Crippen LogP contribution in [0.3, 0.4) is 0 Å². The normalized spacial score (nSPS) is 22.9. The Morgan fingerprint density at radius 1 is 0.826 bits per heavy atom. The summed E-state index contributed by atoms with van der Waals surface area (Å²) < 4.78 is 2.19. The van der Waals surface area contributed by atoms with E-state index in [0.29, 0.717) is 22.2 Å². The molecule has 2 heterocycles. The summed E-state index contributed by atoms with van der Waals surface area (Å²) in [5.74, 6) is -0.853. The Bertz CT molecular complexity index is 1880. The third kappa shape index (κ3) is 4.87. The van der Waals surface area contributed by atoms with Crippen LogP contribution in [0.25, 0.3) is 11.1 Å². The number of nitrogens with zero attached hydrogens (tertiary/aromatic N) is 2. The smallest absolute Gasteiger partial charge is 0.229 e. The maximum atomic E-state index is 14.3. The van der Waals surface area contributed by atoms with E-state index >= 15 is 0 Å². The van der Waals surface area contributed by atoms with Crippen molar-refractivity contribution in [3.8, 4) is 0 Å². The Balaban J connectivity index is 1.80. The number of benzene rings is 2. The number of Topliss-reactive ketones (excluding diaryl/α,β-unsaturated/α-hetero) is 1. The van der Waals surface area contributed by atoms with Crippen molar-refractivity contribution in [1.82, 2.24) is 4.58 Å². The number of anilines is 3. The maximum absolute atomic E-state index is 14.3. The second-order valence-corrected chi connectivity index (χ2v) is 16.7. The summed E-state index contributed by atoms with van der Waals surface area (Å²) in [6, 6.07) is 8.12. The molecule has 2 aromatic rings. The number of amides is 2. The SMILES string of the molecule is CC1N(C)c2cc(NC(=O)C(C)(C)C)c(C3=C(O)/C(=c4\cc5c(cc4NC(=O)C(C)(C)C)=[N+](C)C(C)C5(C)C)C3=O)cc2C1(C)C. The van der Waals surface area contributed by atoms with E-state index in [1.807, 2.05) is 79.9 Å². The average Bonchev–Trinajstić information content (AvgIpc) is 3.21. The van der Waals surface area contributed by atoms with Gasteiger partial charge < -0.3 is 20.6 Å². The first kappa shape index (κ1) is 33.4. The first-order chi connectivity index (χ1) is 20.9. The van der Waals surface area contributed by atoms with Crippen LogP contribution in [0.5, 0.6) is 0 Å². The van der Waals surface area contributed by atoms with Crippen LogP contribution in [0.15, 0.2) is 30.0 Å². The lowest BCUT2D eigenvalue weighted by molar-refractivity contribution is -0.123. The predicted molar refractivity (Wildman–Crippen MR) is 187 cm³/mol. The van der Waals surface area contributed by atoms with Gasteiger partial charge in [-0.15, -0.1) is 0 Å². The number of rotatable bonds is 3. The van der Waals surface area contributed by atoms with E-state index in [1.165, 1.54) is 0 Å². The molecule has 3 aliphatic rings. The van der Waals surface area contributed by atoms with Crippen molar-refractivity contribution in [2.75, 3.05) is 29.6 Å². The van der Waals surface area contributed by atoms with E-state index < -0.39 is 10.8 Å². The highest BCUT2D eigenvalue weighted by Gasteiger charge is 2.46. The Labute approximate surface area is 273 Å². The fourth-order valence-corrected chi connectivity index (χ4v) is 6.77. The van der Waals surface area contributed by atoms with Gasteiger partial charge in [-0.1, -0.05) is 55.4 Å². The summed E-state index contributed by atoms with van der Waals surface area (Å²) in [5.41, 5.74) is 3.04. The molecule has 246 valence electrons. The molecule has 2 aliphatic heterocycles. The predicted octanol–water partition coefficient (Wildman–Crippen LogP) is 5.28. The number of nitrogens with one attached hydrogen (secondary N) is 2. The van der Waals surface area contributed by atoms with Crippen molar-refractivity contribution in [2.45, 2.75) is 106 Å². The van der Waals surface area contributed by atoms with Crippen LogP contribution < -0.4 is 30.7 Å². The third-order valence-corrected chi connectivity index (χ3v) is 11.0. The van der Waals surface area contributed by atoms with Gasteiger partial charge >= 0.3 is 0 Å². The van der Waals surface area contributed by atoms with Crippen molar-refractivity contribution in [3.05, 3.63) is 57.3 Å². The molecule has 0 spiro atoms. The zero-order valence-corrected chi connectivity index (χ0v) is 30.0. The molecule has 2 unspecified atom stereocenters. The molecule has 0 radical (unpaired) electrons. The number of ketones is 1. The molecule has 0 saturated carbocycles. The fourth-order valence-electron chi connectivity index (χ4n) is 6.77. The van der Waals surface area contributed by atoms with Crippen molar-refractivity contribution in [3.63, 3.8) is 0 Å². The first-order valence-electron chi connectivity index (χ1n) is 16.2. The van der Waals surface area contributed by atoms with Crippen LogP contribution in [-0.4, -0.2) is 48.9 Å². The van der Waals surface area contributed by atoms with Crippen LogP contribution in [-0.2, 0) is 25.2 Å². The standard InChI is InChI=1S/C38H50N4O4/c1-19-37(9,10)23-15-21(25(17-27(23)41(19)13)39-33(45)35(3,4)5)29-31(43)30(32(29)44)22-16-24-28(42(14)20(2)38(24,11)12)18-26(22)40-34(46)36(6,7)8/h15-20H,1-14H3,(H2,39,40,43,44,45,46)/p+1. The molecule has 2 atom stereocenters. The summed E-state index contributed by atoms with van der Waals surface area (Å²) in [4.78, 5) is 43.0. The molecule has 2 amide bonds. The first-order valence-corrected chi connectivity index (χ1v) is 16.2.